The Labute approximate surface area is 118 Å². The lowest BCUT2D eigenvalue weighted by Gasteiger charge is -2.12. The third-order valence-electron chi connectivity index (χ3n) is 2.61. The molecular weight excluding hydrogens is 314 g/mol. The number of hydrogen-bond donors (Lipinski definition) is 1. The number of rotatable bonds is 4. The molecule has 0 aromatic carbocycles. The molecular formula is C12H14BrN3OS. The molecule has 4 nitrogen and oxygen atoms in total. The van der Waals surface area contributed by atoms with E-state index >= 15 is 0 Å². The van der Waals surface area contributed by atoms with Crippen LogP contribution in [0.1, 0.15) is 35.4 Å². The number of carbonyl (C=O) groups is 1. The molecule has 6 heteroatoms. The zero-order valence-electron chi connectivity index (χ0n) is 10.2. The summed E-state index contributed by atoms with van der Waals surface area (Å²) in [5, 5.41) is 5.77. The van der Waals surface area contributed by atoms with Crippen molar-refractivity contribution in [3.8, 4) is 0 Å². The van der Waals surface area contributed by atoms with Gasteiger partial charge in [0.15, 0.2) is 0 Å². The van der Waals surface area contributed by atoms with Crippen LogP contribution in [0.15, 0.2) is 28.3 Å². The van der Waals surface area contributed by atoms with Crippen molar-refractivity contribution in [2.45, 2.75) is 26.4 Å². The normalized spacial score (nSPS) is 12.4. The predicted molar refractivity (Wildman–Crippen MR) is 75.8 cm³/mol. The standard InChI is InChI=1S/C12H14BrN3OS/c1-3-16-7-9(13)6-10(16)11(17)15-8(2)12-14-4-5-18-12/h4-8H,3H2,1-2H3,(H,15,17). The lowest BCUT2D eigenvalue weighted by molar-refractivity contribution is 0.0930. The van der Waals surface area contributed by atoms with Gasteiger partial charge in [0.2, 0.25) is 0 Å². The van der Waals surface area contributed by atoms with Crippen molar-refractivity contribution >= 4 is 33.2 Å². The summed E-state index contributed by atoms with van der Waals surface area (Å²) in [5.41, 5.74) is 0.660. The van der Waals surface area contributed by atoms with E-state index in [9.17, 15) is 4.79 Å². The van der Waals surface area contributed by atoms with E-state index in [-0.39, 0.29) is 11.9 Å². The van der Waals surface area contributed by atoms with Gasteiger partial charge in [0, 0.05) is 28.8 Å². The van der Waals surface area contributed by atoms with Crippen molar-refractivity contribution in [3.63, 3.8) is 0 Å². The number of nitrogens with one attached hydrogen (secondary N) is 1. The van der Waals surface area contributed by atoms with Gasteiger partial charge in [0.1, 0.15) is 10.7 Å². The number of aryl methyl sites for hydroxylation is 1. The molecule has 0 fully saturated rings. The molecule has 2 rings (SSSR count). The van der Waals surface area contributed by atoms with Gasteiger partial charge in [-0.15, -0.1) is 11.3 Å². The zero-order chi connectivity index (χ0) is 13.1. The molecule has 0 bridgehead atoms. The quantitative estimate of drug-likeness (QED) is 0.937. The first-order valence-electron chi connectivity index (χ1n) is 5.67. The Hall–Kier alpha value is -1.14. The summed E-state index contributed by atoms with van der Waals surface area (Å²) in [4.78, 5) is 16.4. The van der Waals surface area contributed by atoms with Gasteiger partial charge in [-0.3, -0.25) is 4.79 Å². The summed E-state index contributed by atoms with van der Waals surface area (Å²) in [6.07, 6.45) is 3.65. The molecule has 0 radical (unpaired) electrons. The maximum atomic E-state index is 12.2. The summed E-state index contributed by atoms with van der Waals surface area (Å²) < 4.78 is 2.82. The number of aromatic nitrogens is 2. The van der Waals surface area contributed by atoms with Crippen molar-refractivity contribution in [1.82, 2.24) is 14.9 Å². The minimum atomic E-state index is -0.0785. The van der Waals surface area contributed by atoms with E-state index in [0.29, 0.717) is 5.69 Å². The Morgan fingerprint density at radius 2 is 2.44 bits per heavy atom. The van der Waals surface area contributed by atoms with E-state index in [1.54, 1.807) is 17.5 Å². The fourth-order valence-corrected chi connectivity index (χ4v) is 2.82. The van der Waals surface area contributed by atoms with E-state index in [0.717, 1.165) is 16.0 Å². The Morgan fingerprint density at radius 3 is 3.06 bits per heavy atom. The Bertz CT molecular complexity index is 536. The Balaban J connectivity index is 2.12. The van der Waals surface area contributed by atoms with Crippen LogP contribution in [0.5, 0.6) is 0 Å². The third kappa shape index (κ3) is 2.81. The van der Waals surface area contributed by atoms with Gasteiger partial charge in [0.25, 0.3) is 5.91 Å². The molecule has 1 N–H and O–H groups in total. The summed E-state index contributed by atoms with van der Waals surface area (Å²) in [6.45, 7) is 4.71. The molecule has 1 amide bonds. The minimum Gasteiger partial charge on any atom is -0.343 e. The van der Waals surface area contributed by atoms with Crippen LogP contribution < -0.4 is 5.32 Å². The molecule has 2 aromatic heterocycles. The maximum absolute atomic E-state index is 12.2. The molecule has 18 heavy (non-hydrogen) atoms. The van der Waals surface area contributed by atoms with Gasteiger partial charge < -0.3 is 9.88 Å². The van der Waals surface area contributed by atoms with Crippen LogP contribution in [-0.4, -0.2) is 15.5 Å². The average molecular weight is 328 g/mol. The van der Waals surface area contributed by atoms with Gasteiger partial charge >= 0.3 is 0 Å². The molecule has 0 aliphatic carbocycles. The Morgan fingerprint density at radius 1 is 1.67 bits per heavy atom. The van der Waals surface area contributed by atoms with Gasteiger partial charge in [-0.05, 0) is 35.8 Å². The van der Waals surface area contributed by atoms with E-state index in [4.69, 9.17) is 0 Å². The fourth-order valence-electron chi connectivity index (χ4n) is 1.71. The second-order valence-electron chi connectivity index (χ2n) is 3.90. The van der Waals surface area contributed by atoms with Crippen molar-refractivity contribution in [2.75, 3.05) is 0 Å². The molecule has 0 saturated carbocycles. The molecule has 2 aromatic rings. The van der Waals surface area contributed by atoms with Crippen LogP contribution in [-0.2, 0) is 6.54 Å². The van der Waals surface area contributed by atoms with E-state index in [1.165, 1.54) is 0 Å². The van der Waals surface area contributed by atoms with Crippen molar-refractivity contribution < 1.29 is 4.79 Å². The Kier molecular flexibility index (Phi) is 4.19. The lowest BCUT2D eigenvalue weighted by atomic mass is 10.3. The second kappa shape index (κ2) is 5.67. The van der Waals surface area contributed by atoms with Crippen LogP contribution in [0.4, 0.5) is 0 Å². The van der Waals surface area contributed by atoms with Gasteiger partial charge in [-0.25, -0.2) is 4.98 Å². The van der Waals surface area contributed by atoms with Crippen LogP contribution in [0.25, 0.3) is 0 Å². The maximum Gasteiger partial charge on any atom is 0.268 e. The number of carbonyl (C=O) groups excluding carboxylic acids is 1. The monoisotopic (exact) mass is 327 g/mol. The first kappa shape index (κ1) is 13.3. The summed E-state index contributed by atoms with van der Waals surface area (Å²) in [7, 11) is 0. The molecule has 0 aliphatic heterocycles. The van der Waals surface area contributed by atoms with Crippen molar-refractivity contribution in [2.24, 2.45) is 0 Å². The first-order chi connectivity index (χ1) is 8.61. The van der Waals surface area contributed by atoms with E-state index < -0.39 is 0 Å². The highest BCUT2D eigenvalue weighted by Gasteiger charge is 2.16. The molecule has 0 aliphatic rings. The zero-order valence-corrected chi connectivity index (χ0v) is 12.6. The van der Waals surface area contributed by atoms with Crippen molar-refractivity contribution in [1.29, 1.82) is 0 Å². The molecule has 0 spiro atoms. The van der Waals surface area contributed by atoms with Crippen molar-refractivity contribution in [3.05, 3.63) is 39.0 Å². The van der Waals surface area contributed by atoms with Gasteiger partial charge in [-0.2, -0.15) is 0 Å². The summed E-state index contributed by atoms with van der Waals surface area (Å²) in [5.74, 6) is -0.0785. The van der Waals surface area contributed by atoms with Crippen LogP contribution in [0, 0.1) is 0 Å². The predicted octanol–water partition coefficient (Wildman–Crippen LogP) is 3.22. The smallest absolute Gasteiger partial charge is 0.268 e. The topological polar surface area (TPSA) is 46.9 Å². The lowest BCUT2D eigenvalue weighted by Crippen LogP contribution is -2.28. The number of nitrogens with zero attached hydrogens (tertiary/aromatic N) is 2. The number of hydrogen-bond acceptors (Lipinski definition) is 3. The number of amides is 1. The largest absolute Gasteiger partial charge is 0.343 e. The summed E-state index contributed by atoms with van der Waals surface area (Å²) >= 11 is 4.93. The van der Waals surface area contributed by atoms with Gasteiger partial charge in [0.05, 0.1) is 6.04 Å². The number of halogens is 1. The van der Waals surface area contributed by atoms with E-state index in [2.05, 4.69) is 26.2 Å². The second-order valence-corrected chi connectivity index (χ2v) is 5.74. The van der Waals surface area contributed by atoms with Crippen LogP contribution in [0.2, 0.25) is 0 Å². The van der Waals surface area contributed by atoms with Crippen LogP contribution in [0.3, 0.4) is 0 Å². The van der Waals surface area contributed by atoms with E-state index in [1.807, 2.05) is 36.1 Å². The van der Waals surface area contributed by atoms with Crippen LogP contribution >= 0.6 is 27.3 Å². The highest BCUT2D eigenvalue weighted by atomic mass is 79.9. The highest BCUT2D eigenvalue weighted by molar-refractivity contribution is 9.10. The molecule has 1 unspecified atom stereocenters. The molecule has 96 valence electrons. The molecule has 0 saturated heterocycles. The first-order valence-corrected chi connectivity index (χ1v) is 7.35. The summed E-state index contributed by atoms with van der Waals surface area (Å²) in [6, 6.07) is 1.75. The average Bonchev–Trinajstić information content (AvgIpc) is 2.96. The highest BCUT2D eigenvalue weighted by Crippen LogP contribution is 2.18. The van der Waals surface area contributed by atoms with Gasteiger partial charge in [-0.1, -0.05) is 0 Å². The molecule has 2 heterocycles. The fraction of sp³-hybridized carbons (Fsp3) is 0.333. The third-order valence-corrected chi connectivity index (χ3v) is 4.00. The SMILES string of the molecule is CCn1cc(Br)cc1C(=O)NC(C)c1nccs1. The number of thiazole rings is 1. The minimum absolute atomic E-state index is 0.0727. The molecule has 1 atom stereocenters.